The Bertz CT molecular complexity index is 2100. The predicted molar refractivity (Wildman–Crippen MR) is 383 cm³/mol. The Labute approximate surface area is 564 Å². The van der Waals surface area contributed by atoms with Gasteiger partial charge in [-0.25, -0.2) is 0 Å². The van der Waals surface area contributed by atoms with Gasteiger partial charge >= 0.3 is 0 Å². The van der Waals surface area contributed by atoms with Crippen LogP contribution in [0.2, 0.25) is 0 Å². The van der Waals surface area contributed by atoms with Crippen molar-refractivity contribution < 1.29 is 0 Å². The van der Waals surface area contributed by atoms with Crippen LogP contribution in [0.1, 0.15) is 379 Å². The fourth-order valence-corrected chi connectivity index (χ4v) is 33.9. The molecule has 17 saturated carbocycles. The molecule has 17 aliphatic carbocycles. The highest BCUT2D eigenvalue weighted by molar-refractivity contribution is 5.10. The molecule has 0 aromatic heterocycles. The highest BCUT2D eigenvalue weighted by Gasteiger charge is 2.61. The van der Waals surface area contributed by atoms with Gasteiger partial charge in [0.25, 0.3) is 0 Å². The summed E-state index contributed by atoms with van der Waals surface area (Å²) in [6, 6.07) is 2.72. The number of fused-ring (bicyclic) bond motifs is 6. The average molecular weight is 1250 g/mol. The van der Waals surface area contributed by atoms with Crippen LogP contribution in [0.15, 0.2) is 0 Å². The molecule has 1 nitrogen and oxygen atoms in total. The third-order valence-electron chi connectivity index (χ3n) is 36.7. The summed E-state index contributed by atoms with van der Waals surface area (Å²) in [6.45, 7) is 0. The fraction of sp³-hybridized carbons (Fsp3) is 1.00. The van der Waals surface area contributed by atoms with E-state index in [4.69, 9.17) is 0 Å². The Morgan fingerprint density at radius 3 is 0.593 bits per heavy atom. The zero-order valence-corrected chi connectivity index (χ0v) is 60.1. The summed E-state index contributed by atoms with van der Waals surface area (Å²) in [5.41, 5.74) is 0. The van der Waals surface area contributed by atoms with Gasteiger partial charge < -0.3 is 0 Å². The van der Waals surface area contributed by atoms with E-state index in [9.17, 15) is 0 Å². The van der Waals surface area contributed by atoms with E-state index in [1.165, 1.54) is 0 Å². The molecule has 17 rings (SSSR count). The van der Waals surface area contributed by atoms with Gasteiger partial charge in [-0.1, -0.05) is 231 Å². The van der Waals surface area contributed by atoms with Crippen molar-refractivity contribution in [3.63, 3.8) is 0 Å². The van der Waals surface area contributed by atoms with Crippen molar-refractivity contribution in [1.29, 1.82) is 0 Å². The quantitative estimate of drug-likeness (QED) is 0.199. The number of hydrogen-bond donors (Lipinski definition) is 0. The Hall–Kier alpha value is -0.0400. The van der Waals surface area contributed by atoms with E-state index in [1.54, 1.807) is 379 Å². The van der Waals surface area contributed by atoms with Crippen LogP contribution in [0.4, 0.5) is 0 Å². The molecule has 1 heteroatoms. The Morgan fingerprint density at radius 1 is 0.121 bits per heavy atom. The van der Waals surface area contributed by atoms with Crippen LogP contribution < -0.4 is 0 Å². The van der Waals surface area contributed by atoms with Gasteiger partial charge in [0.1, 0.15) is 0 Å². The topological polar surface area (TPSA) is 3.24 Å². The van der Waals surface area contributed by atoms with Crippen molar-refractivity contribution >= 4 is 0 Å². The zero-order chi connectivity index (χ0) is 60.2. The maximum absolute atomic E-state index is 3.63. The van der Waals surface area contributed by atoms with Crippen molar-refractivity contribution in [1.82, 2.24) is 4.90 Å². The lowest BCUT2D eigenvalue weighted by atomic mass is 9.44. The minimum Gasteiger partial charge on any atom is -0.294 e. The van der Waals surface area contributed by atoms with E-state index >= 15 is 0 Å². The highest BCUT2D eigenvalue weighted by Crippen LogP contribution is 2.68. The molecule has 17 fully saturated rings. The zero-order valence-electron chi connectivity index (χ0n) is 60.1. The van der Waals surface area contributed by atoms with Gasteiger partial charge in [-0.3, -0.25) is 4.90 Å². The Kier molecular flexibility index (Phi) is 21.0. The summed E-state index contributed by atoms with van der Waals surface area (Å²) < 4.78 is 0. The van der Waals surface area contributed by atoms with Gasteiger partial charge in [-0.15, -0.1) is 0 Å². The van der Waals surface area contributed by atoms with Gasteiger partial charge in [0.2, 0.25) is 0 Å². The molecule has 0 saturated heterocycles. The van der Waals surface area contributed by atoms with E-state index in [-0.39, 0.29) is 0 Å². The van der Waals surface area contributed by atoms with Crippen molar-refractivity contribution in [3.8, 4) is 0 Å². The second-order valence-corrected chi connectivity index (χ2v) is 39.9. The van der Waals surface area contributed by atoms with Crippen LogP contribution in [0.25, 0.3) is 0 Å². The standard InChI is InChI=1S/C90H149N/c1-7-25-62(26-8-1)85-73-37-19-22-40-76(73)88(65-31-13-4-14-32-65)82-57-68(47-54-79(82)85)60-43-49-70(50-44-60)91(72-53-56-81-84(59-72)90(67-35-17-6-18-36-67)78-42-24-21-39-75(78)87(81)64-29-11-3-12-30-64)71-51-45-61(46-52-71)69-48-55-80-83(58-69)89(66-33-15-5-16-34-66)77-41-23-20-38-74(77)86(80)63-27-9-2-10-28-63/h60-90H,1-59H2. The molecule has 17 aliphatic rings. The molecular weight excluding hydrogens is 1090 g/mol. The SMILES string of the molecule is C1CCC(C2C3CCCCC3C(C3CCCCC3)C3CC(C4CCC(N(C5CCC(C6CCC7C(C6)C(C6CCCCC6)C6CCCCC6C7C6CCCCC6)CC5)C5CCC6C(C5)C(C5CCCCC5)C5CCCCC5C6C5CCCCC5)CC4)CCC32)CC1. The first kappa shape index (κ1) is 64.3. The van der Waals surface area contributed by atoms with E-state index in [0.29, 0.717) is 0 Å². The number of hydrogen-bond acceptors (Lipinski definition) is 1. The molecule has 0 aromatic carbocycles. The molecule has 21 atom stereocenters. The maximum Gasteiger partial charge on any atom is 0.0104 e. The molecule has 0 aromatic rings. The predicted octanol–water partition coefficient (Wildman–Crippen LogP) is 25.9. The smallest absolute Gasteiger partial charge is 0.0104 e. The molecule has 0 spiro atoms. The summed E-state index contributed by atoms with van der Waals surface area (Å²) in [4.78, 5) is 3.63. The maximum atomic E-state index is 3.63. The molecule has 0 radical (unpaired) electrons. The summed E-state index contributed by atoms with van der Waals surface area (Å²) in [5, 5.41) is 0. The van der Waals surface area contributed by atoms with Crippen LogP contribution in [0.3, 0.4) is 0 Å². The third-order valence-corrected chi connectivity index (χ3v) is 36.7. The minimum atomic E-state index is 0.904. The van der Waals surface area contributed by atoms with Crippen LogP contribution in [-0.4, -0.2) is 23.0 Å². The van der Waals surface area contributed by atoms with Crippen molar-refractivity contribution in [2.45, 2.75) is 397 Å². The Morgan fingerprint density at radius 2 is 0.319 bits per heavy atom. The largest absolute Gasteiger partial charge is 0.294 e. The summed E-state index contributed by atoms with van der Waals surface area (Å²) in [7, 11) is 0. The lowest BCUT2D eigenvalue weighted by molar-refractivity contribution is -0.133. The average Bonchev–Trinajstić information content (AvgIpc) is 0.807. The summed E-state index contributed by atoms with van der Waals surface area (Å²) >= 11 is 0. The van der Waals surface area contributed by atoms with Crippen LogP contribution in [0, 0.1) is 166 Å². The van der Waals surface area contributed by atoms with Crippen LogP contribution in [0.5, 0.6) is 0 Å². The second-order valence-electron chi connectivity index (χ2n) is 39.9. The lowest BCUT2D eigenvalue weighted by Gasteiger charge is -2.62. The molecular formula is C90H149N. The van der Waals surface area contributed by atoms with Crippen molar-refractivity contribution in [3.05, 3.63) is 0 Å². The fourth-order valence-electron chi connectivity index (χ4n) is 33.9. The Balaban J connectivity index is 0.639. The van der Waals surface area contributed by atoms with Gasteiger partial charge in [0, 0.05) is 18.1 Å². The van der Waals surface area contributed by atoms with Crippen LogP contribution in [-0.2, 0) is 0 Å². The van der Waals surface area contributed by atoms with Gasteiger partial charge in [0.05, 0.1) is 0 Å². The first-order chi connectivity index (χ1) is 45.2. The van der Waals surface area contributed by atoms with Gasteiger partial charge in [0.15, 0.2) is 0 Å². The molecule has 0 amide bonds. The van der Waals surface area contributed by atoms with E-state index in [1.807, 2.05) is 0 Å². The van der Waals surface area contributed by atoms with E-state index < -0.39 is 0 Å². The van der Waals surface area contributed by atoms with Gasteiger partial charge in [-0.05, 0) is 313 Å². The first-order valence-corrected chi connectivity index (χ1v) is 45.0. The molecule has 0 N–H and O–H groups in total. The minimum absolute atomic E-state index is 0.904. The molecule has 514 valence electrons. The lowest BCUT2D eigenvalue weighted by Crippen LogP contribution is -2.59. The van der Waals surface area contributed by atoms with E-state index in [0.717, 1.165) is 184 Å². The normalized spacial score (nSPS) is 49.1. The molecule has 0 aliphatic heterocycles. The first-order valence-electron chi connectivity index (χ1n) is 45.0. The number of nitrogens with zero attached hydrogens (tertiary/aromatic N) is 1. The summed E-state index contributed by atoms with van der Waals surface area (Å²) in [6.07, 6.45) is 94.7. The van der Waals surface area contributed by atoms with Crippen LogP contribution >= 0.6 is 0 Å². The highest BCUT2D eigenvalue weighted by atomic mass is 15.2. The monoisotopic (exact) mass is 1240 g/mol. The van der Waals surface area contributed by atoms with E-state index in [2.05, 4.69) is 4.90 Å². The second kappa shape index (κ2) is 29.6. The van der Waals surface area contributed by atoms with Crippen molar-refractivity contribution in [2.75, 3.05) is 0 Å². The molecule has 0 bridgehead atoms. The van der Waals surface area contributed by atoms with Gasteiger partial charge in [-0.2, -0.15) is 0 Å². The van der Waals surface area contributed by atoms with Crippen molar-refractivity contribution in [2.24, 2.45) is 166 Å². The number of rotatable bonds is 11. The summed E-state index contributed by atoms with van der Waals surface area (Å²) in [5.74, 6) is 30.8. The third kappa shape index (κ3) is 12.9. The molecule has 0 heterocycles. The molecule has 91 heavy (non-hydrogen) atoms. The molecule has 21 unspecified atom stereocenters.